The second-order valence-corrected chi connectivity index (χ2v) is 4.72. The van der Waals surface area contributed by atoms with Gasteiger partial charge >= 0.3 is 12.6 Å². The Morgan fingerprint density at radius 1 is 1.26 bits per heavy atom. The fourth-order valence-corrected chi connectivity index (χ4v) is 1.67. The third-order valence-corrected chi connectivity index (χ3v) is 2.80. The van der Waals surface area contributed by atoms with Gasteiger partial charge in [0.05, 0.1) is 0 Å². The van der Waals surface area contributed by atoms with Gasteiger partial charge in [0.1, 0.15) is 0 Å². The number of carbonyl (C=O) groups is 1. The first-order valence-corrected chi connectivity index (χ1v) is 7.40. The lowest BCUT2D eigenvalue weighted by molar-refractivity contribution is -0.0521. The molecule has 5 nitrogen and oxygen atoms in total. The number of benzene rings is 1. The maximum atomic E-state index is 13.5. The Balaban J connectivity index is 2.27. The van der Waals surface area contributed by atoms with E-state index in [2.05, 4.69) is 22.3 Å². The molecule has 0 saturated carbocycles. The zero-order valence-corrected chi connectivity index (χ0v) is 12.9. The summed E-state index contributed by atoms with van der Waals surface area (Å²) < 4.78 is 46.8. The van der Waals surface area contributed by atoms with E-state index in [4.69, 9.17) is 4.74 Å². The molecule has 8 heteroatoms. The molecular formula is C15H21F3N2O3. The Kier molecular flexibility index (Phi) is 8.89. The molecule has 1 aromatic rings. The normalized spacial score (nSPS) is 10.7. The Labute approximate surface area is 133 Å². The largest absolute Gasteiger partial charge is 0.432 e. The van der Waals surface area contributed by atoms with E-state index in [0.29, 0.717) is 26.2 Å². The molecule has 0 aliphatic rings. The van der Waals surface area contributed by atoms with Gasteiger partial charge in [-0.05, 0) is 25.0 Å². The van der Waals surface area contributed by atoms with Gasteiger partial charge in [0.25, 0.3) is 0 Å². The second-order valence-electron chi connectivity index (χ2n) is 4.72. The predicted molar refractivity (Wildman–Crippen MR) is 80.4 cm³/mol. The number of alkyl halides is 2. The molecule has 0 atom stereocenters. The van der Waals surface area contributed by atoms with Gasteiger partial charge in [-0.15, -0.1) is 0 Å². The lowest BCUT2D eigenvalue weighted by Gasteiger charge is -2.10. The fraction of sp³-hybridized carbons (Fsp3) is 0.533. The van der Waals surface area contributed by atoms with Crippen molar-refractivity contribution >= 4 is 11.7 Å². The van der Waals surface area contributed by atoms with Crippen LogP contribution in [0.15, 0.2) is 18.2 Å². The minimum atomic E-state index is -3.11. The molecule has 130 valence electrons. The molecule has 0 radical (unpaired) electrons. The van der Waals surface area contributed by atoms with Crippen LogP contribution in [0.3, 0.4) is 0 Å². The first-order valence-electron chi connectivity index (χ1n) is 7.40. The summed E-state index contributed by atoms with van der Waals surface area (Å²) in [7, 11) is 0. The van der Waals surface area contributed by atoms with Crippen LogP contribution < -0.4 is 15.4 Å². The summed E-state index contributed by atoms with van der Waals surface area (Å²) in [4.78, 5) is 11.6. The first-order chi connectivity index (χ1) is 11.0. The summed E-state index contributed by atoms with van der Waals surface area (Å²) in [6.45, 7) is 0.632. The van der Waals surface area contributed by atoms with Crippen molar-refractivity contribution in [3.63, 3.8) is 0 Å². The Morgan fingerprint density at radius 3 is 2.65 bits per heavy atom. The van der Waals surface area contributed by atoms with Crippen molar-refractivity contribution in [1.29, 1.82) is 0 Å². The number of anilines is 1. The predicted octanol–water partition coefficient (Wildman–Crippen LogP) is 3.76. The van der Waals surface area contributed by atoms with E-state index >= 15 is 0 Å². The zero-order valence-electron chi connectivity index (χ0n) is 12.9. The molecule has 0 heterocycles. The maximum absolute atomic E-state index is 13.5. The van der Waals surface area contributed by atoms with Gasteiger partial charge in [0.2, 0.25) is 0 Å². The van der Waals surface area contributed by atoms with E-state index in [1.54, 1.807) is 0 Å². The number of rotatable bonds is 10. The highest BCUT2D eigenvalue weighted by Crippen LogP contribution is 2.22. The van der Waals surface area contributed by atoms with E-state index in [1.807, 2.05) is 0 Å². The maximum Gasteiger partial charge on any atom is 0.387 e. The molecule has 0 fully saturated rings. The number of nitrogens with one attached hydrogen (secondary N) is 2. The third kappa shape index (κ3) is 8.29. The molecule has 0 aliphatic carbocycles. The number of unbranched alkanes of at least 4 members (excludes halogenated alkanes) is 1. The summed E-state index contributed by atoms with van der Waals surface area (Å²) in [5, 5.41) is 4.99. The van der Waals surface area contributed by atoms with Crippen LogP contribution in [-0.2, 0) is 4.74 Å². The lowest BCUT2D eigenvalue weighted by Crippen LogP contribution is -2.30. The van der Waals surface area contributed by atoms with Gasteiger partial charge in [0, 0.05) is 31.5 Å². The van der Waals surface area contributed by atoms with E-state index in [0.717, 1.165) is 25.0 Å². The monoisotopic (exact) mass is 334 g/mol. The molecular weight excluding hydrogens is 313 g/mol. The van der Waals surface area contributed by atoms with Crippen molar-refractivity contribution in [2.45, 2.75) is 32.8 Å². The topological polar surface area (TPSA) is 59.6 Å². The summed E-state index contributed by atoms with van der Waals surface area (Å²) in [6.07, 6.45) is 2.73. The summed E-state index contributed by atoms with van der Waals surface area (Å²) >= 11 is 0. The second kappa shape index (κ2) is 10.7. The van der Waals surface area contributed by atoms with Crippen molar-refractivity contribution in [2.24, 2.45) is 0 Å². The van der Waals surface area contributed by atoms with Crippen LogP contribution in [0.2, 0.25) is 0 Å². The highest BCUT2D eigenvalue weighted by molar-refractivity contribution is 5.89. The molecule has 2 N–H and O–H groups in total. The van der Waals surface area contributed by atoms with Crippen LogP contribution in [-0.4, -0.2) is 32.4 Å². The Bertz CT molecular complexity index is 487. The zero-order chi connectivity index (χ0) is 17.1. The lowest BCUT2D eigenvalue weighted by atomic mass is 10.3. The van der Waals surface area contributed by atoms with Crippen molar-refractivity contribution in [2.75, 3.05) is 25.1 Å². The number of ether oxygens (including phenoxy) is 2. The molecule has 0 spiro atoms. The number of hydrogen-bond donors (Lipinski definition) is 2. The summed E-state index contributed by atoms with van der Waals surface area (Å²) in [6, 6.07) is 2.69. The minimum absolute atomic E-state index is 0.140. The highest BCUT2D eigenvalue weighted by atomic mass is 19.3. The summed E-state index contributed by atoms with van der Waals surface area (Å²) in [5.41, 5.74) is 0.140. The number of hydrogen-bond acceptors (Lipinski definition) is 3. The fourth-order valence-electron chi connectivity index (χ4n) is 1.67. The van der Waals surface area contributed by atoms with E-state index in [9.17, 15) is 18.0 Å². The van der Waals surface area contributed by atoms with Gasteiger partial charge in [-0.25, -0.2) is 9.18 Å². The molecule has 23 heavy (non-hydrogen) atoms. The standard InChI is InChI=1S/C15H21F3N2O3/c1-2-3-8-22-9-4-7-19-15(21)20-11-5-6-13(12(16)10-11)23-14(17)18/h5-6,10,14H,2-4,7-9H2,1H3,(H2,19,20,21). The third-order valence-electron chi connectivity index (χ3n) is 2.80. The number of halogens is 3. The quantitative estimate of drug-likeness (QED) is 0.641. The van der Waals surface area contributed by atoms with E-state index in [1.165, 1.54) is 6.07 Å². The number of amides is 2. The molecule has 0 aliphatic heterocycles. The average Bonchev–Trinajstić information content (AvgIpc) is 2.49. The molecule has 0 bridgehead atoms. The first kappa shape index (κ1) is 19.1. The van der Waals surface area contributed by atoms with Gasteiger partial charge < -0.3 is 20.1 Å². The molecule has 0 aromatic heterocycles. The summed E-state index contributed by atoms with van der Waals surface area (Å²) in [5.74, 6) is -1.55. The van der Waals surface area contributed by atoms with Crippen LogP contribution >= 0.6 is 0 Å². The number of carbonyl (C=O) groups excluding carboxylic acids is 1. The van der Waals surface area contributed by atoms with Crippen LogP contribution in [0.4, 0.5) is 23.7 Å². The van der Waals surface area contributed by atoms with Crippen molar-refractivity contribution < 1.29 is 27.4 Å². The SMILES string of the molecule is CCCCOCCCNC(=O)Nc1ccc(OC(F)F)c(F)c1. The van der Waals surface area contributed by atoms with Crippen molar-refractivity contribution in [3.05, 3.63) is 24.0 Å². The highest BCUT2D eigenvalue weighted by Gasteiger charge is 2.11. The van der Waals surface area contributed by atoms with Gasteiger partial charge in [0.15, 0.2) is 11.6 Å². The van der Waals surface area contributed by atoms with Gasteiger partial charge in [-0.2, -0.15) is 8.78 Å². The molecule has 0 saturated heterocycles. The average molecular weight is 334 g/mol. The molecule has 2 amide bonds. The number of urea groups is 1. The van der Waals surface area contributed by atoms with Gasteiger partial charge in [-0.3, -0.25) is 0 Å². The van der Waals surface area contributed by atoms with E-state index in [-0.39, 0.29) is 5.69 Å². The molecule has 1 rings (SSSR count). The van der Waals surface area contributed by atoms with Crippen LogP contribution in [0.25, 0.3) is 0 Å². The van der Waals surface area contributed by atoms with Crippen molar-refractivity contribution in [3.8, 4) is 5.75 Å². The Hall–Kier alpha value is -1.96. The molecule has 1 aromatic carbocycles. The van der Waals surface area contributed by atoms with Crippen LogP contribution in [0.5, 0.6) is 5.75 Å². The molecule has 0 unspecified atom stereocenters. The van der Waals surface area contributed by atoms with Crippen molar-refractivity contribution in [1.82, 2.24) is 5.32 Å². The van der Waals surface area contributed by atoms with E-state index < -0.39 is 24.2 Å². The smallest absolute Gasteiger partial charge is 0.387 e. The van der Waals surface area contributed by atoms with Crippen LogP contribution in [0, 0.1) is 5.82 Å². The van der Waals surface area contributed by atoms with Gasteiger partial charge in [-0.1, -0.05) is 13.3 Å². The Morgan fingerprint density at radius 2 is 2.00 bits per heavy atom. The minimum Gasteiger partial charge on any atom is -0.432 e. The van der Waals surface area contributed by atoms with Crippen LogP contribution in [0.1, 0.15) is 26.2 Å².